The number of fused-ring (bicyclic) bond motifs is 2. The van der Waals surface area contributed by atoms with Gasteiger partial charge in [-0.25, -0.2) is 9.48 Å². The molecule has 1 aromatic rings. The predicted molar refractivity (Wildman–Crippen MR) is 128 cm³/mol. The van der Waals surface area contributed by atoms with Crippen molar-refractivity contribution in [2.75, 3.05) is 13.7 Å². The molecule has 0 saturated heterocycles. The number of nitrogens with zero attached hydrogens (tertiary/aromatic N) is 2. The molecule has 8 heteroatoms. The molecule has 0 spiro atoms. The number of hydrogen-bond acceptors (Lipinski definition) is 5. The summed E-state index contributed by atoms with van der Waals surface area (Å²) >= 11 is 0. The molecule has 1 aromatic heterocycles. The monoisotopic (exact) mass is 460 g/mol. The molecule has 3 rings (SSSR count). The number of hydrogen-bond donors (Lipinski definition) is 2. The van der Waals surface area contributed by atoms with E-state index in [-0.39, 0.29) is 11.9 Å². The quantitative estimate of drug-likeness (QED) is 0.597. The number of nitrogens with one attached hydrogen (secondary N) is 2. The van der Waals surface area contributed by atoms with Crippen LogP contribution in [0.5, 0.6) is 5.88 Å². The fraction of sp³-hybridized carbons (Fsp3) is 0.720. The second-order valence-corrected chi connectivity index (χ2v) is 10.7. The zero-order valence-electron chi connectivity index (χ0n) is 20.9. The van der Waals surface area contributed by atoms with Crippen LogP contribution in [0.3, 0.4) is 0 Å². The number of aromatic nitrogens is 2. The molecule has 2 saturated carbocycles. The molecule has 33 heavy (non-hydrogen) atoms. The summed E-state index contributed by atoms with van der Waals surface area (Å²) in [4.78, 5) is 24.9. The highest BCUT2D eigenvalue weighted by Crippen LogP contribution is 2.42. The lowest BCUT2D eigenvalue weighted by Crippen LogP contribution is -2.51. The van der Waals surface area contributed by atoms with Crippen LogP contribution in [0, 0.1) is 23.7 Å². The minimum absolute atomic E-state index is 0.128. The second-order valence-electron chi connectivity index (χ2n) is 10.7. The van der Waals surface area contributed by atoms with Gasteiger partial charge in [0, 0.05) is 12.2 Å². The van der Waals surface area contributed by atoms with E-state index < -0.39 is 11.6 Å². The van der Waals surface area contributed by atoms with Crippen molar-refractivity contribution in [3.63, 3.8) is 0 Å². The van der Waals surface area contributed by atoms with E-state index in [2.05, 4.69) is 41.2 Å². The van der Waals surface area contributed by atoms with Gasteiger partial charge in [-0.2, -0.15) is 5.10 Å². The summed E-state index contributed by atoms with van der Waals surface area (Å²) in [6, 6.07) is 0.225. The first-order chi connectivity index (χ1) is 15.6. The van der Waals surface area contributed by atoms with Crippen LogP contribution < -0.4 is 15.4 Å². The topological polar surface area (TPSA) is 94.5 Å². The van der Waals surface area contributed by atoms with Gasteiger partial charge >= 0.3 is 6.09 Å². The number of ether oxygens (including phenoxy) is 2. The number of amides is 2. The Balaban J connectivity index is 1.80. The first-order valence-electron chi connectivity index (χ1n) is 12.2. The molecule has 0 radical (unpaired) electrons. The van der Waals surface area contributed by atoms with E-state index in [0.29, 0.717) is 35.8 Å². The van der Waals surface area contributed by atoms with E-state index in [0.717, 1.165) is 5.92 Å². The van der Waals surface area contributed by atoms with Crippen LogP contribution in [-0.2, 0) is 4.74 Å². The molecule has 0 aliphatic heterocycles. The van der Waals surface area contributed by atoms with Gasteiger partial charge in [-0.1, -0.05) is 27.2 Å². The fourth-order valence-electron chi connectivity index (χ4n) is 5.12. The average Bonchev–Trinajstić information content (AvgIpc) is 3.14. The number of carbonyl (C=O) groups excluding carboxylic acids is 2. The Kier molecular flexibility index (Phi) is 8.08. The van der Waals surface area contributed by atoms with Crippen LogP contribution in [0.1, 0.15) is 77.1 Å². The zero-order chi connectivity index (χ0) is 24.2. The van der Waals surface area contributed by atoms with Crippen LogP contribution in [0.4, 0.5) is 4.79 Å². The molecule has 0 aromatic carbocycles. The van der Waals surface area contributed by atoms with E-state index in [1.54, 1.807) is 23.2 Å². The lowest BCUT2D eigenvalue weighted by atomic mass is 9.65. The van der Waals surface area contributed by atoms with Gasteiger partial charge < -0.3 is 20.1 Å². The van der Waals surface area contributed by atoms with Crippen molar-refractivity contribution in [1.82, 2.24) is 20.4 Å². The van der Waals surface area contributed by atoms with E-state index in [1.807, 2.05) is 13.8 Å². The Hall–Kier alpha value is -2.51. The van der Waals surface area contributed by atoms with Crippen LogP contribution >= 0.6 is 0 Å². The van der Waals surface area contributed by atoms with Crippen molar-refractivity contribution in [2.45, 2.75) is 78.3 Å². The van der Waals surface area contributed by atoms with Crippen LogP contribution in [-0.4, -0.2) is 47.1 Å². The Morgan fingerprint density at radius 3 is 2.55 bits per heavy atom. The van der Waals surface area contributed by atoms with Crippen LogP contribution in [0.2, 0.25) is 0 Å². The number of rotatable bonds is 8. The molecule has 184 valence electrons. The highest BCUT2D eigenvalue weighted by molar-refractivity contribution is 5.96. The van der Waals surface area contributed by atoms with Gasteiger partial charge in [0.25, 0.3) is 5.91 Å². The molecular formula is C25H40N4O4. The largest absolute Gasteiger partial charge is 0.477 e. The zero-order valence-corrected chi connectivity index (χ0v) is 20.9. The summed E-state index contributed by atoms with van der Waals surface area (Å²) in [6.07, 6.45) is 10.5. The maximum atomic E-state index is 13.3. The van der Waals surface area contributed by atoms with E-state index in [4.69, 9.17) is 4.74 Å². The highest BCUT2D eigenvalue weighted by atomic mass is 16.5. The SMILES string of the molecule is COC(=O)NC(C)(C)/C=C/n1ncc(C(=O)NC2C3CCCC2CC(C)C3)c1OCC(C)C. The normalized spacial score (nSPS) is 25.2. The fourth-order valence-corrected chi connectivity index (χ4v) is 5.12. The maximum absolute atomic E-state index is 13.3. The molecule has 2 unspecified atom stereocenters. The molecule has 2 atom stereocenters. The Morgan fingerprint density at radius 1 is 1.27 bits per heavy atom. The van der Waals surface area contributed by atoms with Gasteiger partial charge in [-0.05, 0) is 69.3 Å². The van der Waals surface area contributed by atoms with Gasteiger partial charge in [0.2, 0.25) is 5.88 Å². The molecule has 2 aliphatic carbocycles. The lowest BCUT2D eigenvalue weighted by Gasteiger charge is -2.45. The van der Waals surface area contributed by atoms with Crippen LogP contribution in [0.15, 0.2) is 12.3 Å². The summed E-state index contributed by atoms with van der Waals surface area (Å²) in [5.74, 6) is 2.42. The first-order valence-corrected chi connectivity index (χ1v) is 12.2. The van der Waals surface area contributed by atoms with Crippen molar-refractivity contribution < 1.29 is 19.1 Å². The standard InChI is InChI=1S/C25H40N4O4/c1-16(2)15-33-23-20(14-26-29(23)11-10-25(4,5)28-24(31)32-6)22(30)27-21-18-8-7-9-19(21)13-17(3)12-18/h10-11,14,16-19,21H,7-9,12-13,15H2,1-6H3,(H,27,30)(H,28,31)/b11-10+. The third kappa shape index (κ3) is 6.51. The molecule has 2 amide bonds. The summed E-state index contributed by atoms with van der Waals surface area (Å²) in [5.41, 5.74) is -0.233. The van der Waals surface area contributed by atoms with Crippen molar-refractivity contribution in [2.24, 2.45) is 23.7 Å². The van der Waals surface area contributed by atoms with Gasteiger partial charge in [0.1, 0.15) is 5.56 Å². The third-order valence-electron chi connectivity index (χ3n) is 6.66. The Bertz CT molecular complexity index is 847. The molecule has 8 nitrogen and oxygen atoms in total. The summed E-state index contributed by atoms with van der Waals surface area (Å²) < 4.78 is 12.3. The van der Waals surface area contributed by atoms with Crippen molar-refractivity contribution in [1.29, 1.82) is 0 Å². The lowest BCUT2D eigenvalue weighted by molar-refractivity contribution is 0.0685. The highest BCUT2D eigenvalue weighted by Gasteiger charge is 2.40. The van der Waals surface area contributed by atoms with Gasteiger partial charge in [0.15, 0.2) is 0 Å². The molecule has 2 fully saturated rings. The molecular weight excluding hydrogens is 420 g/mol. The van der Waals surface area contributed by atoms with Crippen molar-refractivity contribution >= 4 is 18.2 Å². The predicted octanol–water partition coefficient (Wildman–Crippen LogP) is 4.47. The van der Waals surface area contributed by atoms with Gasteiger partial charge in [-0.3, -0.25) is 4.79 Å². The Labute approximate surface area is 197 Å². The number of carbonyl (C=O) groups is 2. The van der Waals surface area contributed by atoms with Crippen LogP contribution in [0.25, 0.3) is 6.20 Å². The molecule has 2 bridgehead atoms. The molecule has 1 heterocycles. The summed E-state index contributed by atoms with van der Waals surface area (Å²) in [7, 11) is 1.33. The summed E-state index contributed by atoms with van der Waals surface area (Å²) in [5, 5.41) is 10.5. The van der Waals surface area contributed by atoms with Gasteiger partial charge in [0.05, 0.1) is 25.5 Å². The van der Waals surface area contributed by atoms with Gasteiger partial charge in [-0.15, -0.1) is 0 Å². The van der Waals surface area contributed by atoms with E-state index >= 15 is 0 Å². The second kappa shape index (κ2) is 10.6. The molecule has 2 N–H and O–H groups in total. The van der Waals surface area contributed by atoms with E-state index in [9.17, 15) is 9.59 Å². The summed E-state index contributed by atoms with van der Waals surface area (Å²) in [6.45, 7) is 10.6. The smallest absolute Gasteiger partial charge is 0.407 e. The first kappa shape index (κ1) is 25.1. The minimum atomic E-state index is -0.674. The Morgan fingerprint density at radius 2 is 1.94 bits per heavy atom. The minimum Gasteiger partial charge on any atom is -0.477 e. The third-order valence-corrected chi connectivity index (χ3v) is 6.66. The number of alkyl carbamates (subject to hydrolysis) is 1. The van der Waals surface area contributed by atoms with E-state index in [1.165, 1.54) is 39.2 Å². The van der Waals surface area contributed by atoms with Crippen molar-refractivity contribution in [3.8, 4) is 5.88 Å². The maximum Gasteiger partial charge on any atom is 0.407 e. The van der Waals surface area contributed by atoms with Crippen molar-refractivity contribution in [3.05, 3.63) is 17.8 Å². The average molecular weight is 461 g/mol. The molecule has 2 aliphatic rings. The number of methoxy groups -OCH3 is 1.